The van der Waals surface area contributed by atoms with Gasteiger partial charge in [0.15, 0.2) is 5.03 Å². The zero-order valence-electron chi connectivity index (χ0n) is 16.3. The van der Waals surface area contributed by atoms with Gasteiger partial charge in [-0.2, -0.15) is 0 Å². The van der Waals surface area contributed by atoms with Crippen molar-refractivity contribution in [3.05, 3.63) is 71.8 Å². The van der Waals surface area contributed by atoms with Crippen LogP contribution < -0.4 is 0 Å². The van der Waals surface area contributed by atoms with E-state index in [1.807, 2.05) is 0 Å². The average molecular weight is 454 g/mol. The molecule has 9 heteroatoms. The van der Waals surface area contributed by atoms with Gasteiger partial charge in [-0.25, -0.2) is 30.6 Å². The monoisotopic (exact) mass is 453 g/mol. The van der Waals surface area contributed by atoms with E-state index in [4.69, 9.17) is 0 Å². The minimum Gasteiger partial charge on any atom is -0.236 e. The van der Waals surface area contributed by atoms with E-state index in [0.29, 0.717) is 5.52 Å². The number of hydrogen-bond donors (Lipinski definition) is 0. The predicted octanol–water partition coefficient (Wildman–Crippen LogP) is 4.24. The molecule has 5 nitrogen and oxygen atoms in total. The molecule has 0 radical (unpaired) electrons. The van der Waals surface area contributed by atoms with Crippen molar-refractivity contribution in [2.45, 2.75) is 29.5 Å². The maximum Gasteiger partial charge on any atom is 0.202 e. The van der Waals surface area contributed by atoms with Crippen molar-refractivity contribution < 1.29 is 25.6 Å². The molecule has 0 fully saturated rings. The fourth-order valence-electron chi connectivity index (χ4n) is 3.28. The Bertz CT molecular complexity index is 1280. The summed E-state index contributed by atoms with van der Waals surface area (Å²) in [6.45, 7) is 0. The molecule has 0 saturated carbocycles. The molecule has 1 unspecified atom stereocenters. The van der Waals surface area contributed by atoms with Crippen LogP contribution in [0.5, 0.6) is 0 Å². The smallest absolute Gasteiger partial charge is 0.202 e. The van der Waals surface area contributed by atoms with Gasteiger partial charge in [0, 0.05) is 23.0 Å². The summed E-state index contributed by atoms with van der Waals surface area (Å²) in [4.78, 5) is 4.21. The van der Waals surface area contributed by atoms with Crippen LogP contribution in [0.25, 0.3) is 10.9 Å². The molecule has 30 heavy (non-hydrogen) atoms. The first kappa shape index (κ1) is 22.3. The normalized spacial score (nSPS) is 13.4. The highest BCUT2D eigenvalue weighted by Crippen LogP contribution is 2.35. The lowest BCUT2D eigenvalue weighted by Crippen LogP contribution is -2.17. The van der Waals surface area contributed by atoms with Crippen LogP contribution in [0.1, 0.15) is 30.1 Å². The van der Waals surface area contributed by atoms with Crippen LogP contribution in [0.3, 0.4) is 0 Å². The lowest BCUT2D eigenvalue weighted by molar-refractivity contribution is 0.542. The van der Waals surface area contributed by atoms with Crippen LogP contribution >= 0.6 is 0 Å². The highest BCUT2D eigenvalue weighted by molar-refractivity contribution is 7.91. The van der Waals surface area contributed by atoms with E-state index < -0.39 is 36.6 Å². The largest absolute Gasteiger partial charge is 0.236 e. The van der Waals surface area contributed by atoms with Gasteiger partial charge in [0.2, 0.25) is 9.84 Å². The van der Waals surface area contributed by atoms with Gasteiger partial charge in [-0.05, 0) is 49.2 Å². The molecule has 0 bridgehead atoms. The second-order valence-corrected chi connectivity index (χ2v) is 11.5. The van der Waals surface area contributed by atoms with E-state index in [-0.39, 0.29) is 35.6 Å². The summed E-state index contributed by atoms with van der Waals surface area (Å²) in [7, 11) is -7.38. The number of para-hydroxylation sites is 1. The second-order valence-electron chi connectivity index (χ2n) is 7.17. The maximum absolute atomic E-state index is 14.5. The zero-order chi connectivity index (χ0) is 21.9. The molecule has 1 atom stereocenters. The predicted molar refractivity (Wildman–Crippen MR) is 112 cm³/mol. The van der Waals surface area contributed by atoms with Crippen molar-refractivity contribution in [1.82, 2.24) is 4.98 Å². The highest BCUT2D eigenvalue weighted by Gasteiger charge is 2.32. The summed E-state index contributed by atoms with van der Waals surface area (Å²) < 4.78 is 77.7. The van der Waals surface area contributed by atoms with Gasteiger partial charge in [-0.15, -0.1) is 0 Å². The third-order valence-electron chi connectivity index (χ3n) is 4.78. The van der Waals surface area contributed by atoms with Gasteiger partial charge in [0.05, 0.1) is 10.8 Å². The quantitative estimate of drug-likeness (QED) is 0.477. The zero-order valence-corrected chi connectivity index (χ0v) is 17.9. The first-order valence-corrected chi connectivity index (χ1v) is 12.9. The molecule has 0 aliphatic heterocycles. The molecule has 0 amide bonds. The van der Waals surface area contributed by atoms with E-state index in [9.17, 15) is 25.6 Å². The van der Waals surface area contributed by atoms with Crippen LogP contribution in [0.15, 0.2) is 59.6 Å². The summed E-state index contributed by atoms with van der Waals surface area (Å²) in [5.74, 6) is -1.71. The second kappa shape index (κ2) is 8.77. The number of halogens is 2. The molecule has 2 aromatic carbocycles. The lowest BCUT2D eigenvalue weighted by Gasteiger charge is -2.19. The first-order chi connectivity index (χ1) is 14.1. The minimum absolute atomic E-state index is 0.0628. The molecule has 0 spiro atoms. The molecule has 0 aliphatic rings. The Morgan fingerprint density at radius 1 is 0.933 bits per heavy atom. The summed E-state index contributed by atoms with van der Waals surface area (Å²) >= 11 is 0. The van der Waals surface area contributed by atoms with Crippen molar-refractivity contribution in [2.75, 3.05) is 12.0 Å². The van der Waals surface area contributed by atoms with E-state index in [1.165, 1.54) is 6.07 Å². The summed E-state index contributed by atoms with van der Waals surface area (Å²) in [6, 6.07) is 12.6. The van der Waals surface area contributed by atoms with Crippen LogP contribution in [0, 0.1) is 11.6 Å². The molecule has 1 heterocycles. The van der Waals surface area contributed by atoms with Crippen molar-refractivity contribution in [2.24, 2.45) is 0 Å². The van der Waals surface area contributed by atoms with Gasteiger partial charge in [-0.1, -0.05) is 24.6 Å². The van der Waals surface area contributed by atoms with Crippen LogP contribution in [0.4, 0.5) is 8.78 Å². The first-order valence-electron chi connectivity index (χ1n) is 9.30. The molecule has 160 valence electrons. The van der Waals surface area contributed by atoms with Crippen molar-refractivity contribution in [1.29, 1.82) is 0 Å². The number of fused-ring (bicyclic) bond motifs is 1. The Balaban J connectivity index is 2.01. The third kappa shape index (κ3) is 5.20. The molecule has 0 N–H and O–H groups in total. The molecule has 0 aliphatic carbocycles. The van der Waals surface area contributed by atoms with E-state index in [1.54, 1.807) is 30.3 Å². The van der Waals surface area contributed by atoms with Crippen molar-refractivity contribution >= 4 is 30.6 Å². The summed E-state index contributed by atoms with van der Waals surface area (Å²) in [5, 5.41) is -0.877. The Labute approximate surface area is 174 Å². The lowest BCUT2D eigenvalue weighted by atomic mass is 10.1. The van der Waals surface area contributed by atoms with Crippen LogP contribution in [-0.2, 0) is 19.7 Å². The number of hydrogen-bond acceptors (Lipinski definition) is 5. The van der Waals surface area contributed by atoms with Crippen molar-refractivity contribution in [3.8, 4) is 0 Å². The van der Waals surface area contributed by atoms with Crippen LogP contribution in [0.2, 0.25) is 0 Å². The topological polar surface area (TPSA) is 81.2 Å². The molecular weight excluding hydrogens is 432 g/mol. The molecule has 3 rings (SSSR count). The molecule has 1 aromatic heterocycles. The Hall–Kier alpha value is -2.39. The number of pyridine rings is 1. The Kier molecular flexibility index (Phi) is 6.52. The fraction of sp³-hybridized carbons (Fsp3) is 0.286. The van der Waals surface area contributed by atoms with E-state index >= 15 is 0 Å². The molecular formula is C21H21F2NO4S2. The Morgan fingerprint density at radius 3 is 2.40 bits per heavy atom. The standard InChI is InChI=1S/C21H21F2NO4S2/c1-29(25,26)13-5-4-8-20(17-14-16(22)10-11-18(17)23)30(27,28)21-12-9-15-6-2-3-7-19(15)24-21/h2-3,6-7,9-12,14,20H,4-5,8,13H2,1H3. The van der Waals surface area contributed by atoms with Gasteiger partial charge in [0.25, 0.3) is 0 Å². The fourth-order valence-corrected chi connectivity index (χ4v) is 5.78. The SMILES string of the molecule is CS(=O)(=O)CCCCC(c1cc(F)ccc1F)S(=O)(=O)c1ccc2ccccc2n1. The number of aromatic nitrogens is 1. The Morgan fingerprint density at radius 2 is 1.67 bits per heavy atom. The number of benzene rings is 2. The minimum atomic E-state index is -4.17. The summed E-state index contributed by atoms with van der Waals surface area (Å²) in [6.07, 6.45) is 1.45. The third-order valence-corrected chi connectivity index (χ3v) is 7.85. The maximum atomic E-state index is 14.5. The number of rotatable bonds is 8. The van der Waals surface area contributed by atoms with E-state index in [2.05, 4.69) is 4.98 Å². The summed E-state index contributed by atoms with van der Waals surface area (Å²) in [5.41, 5.74) is 0.179. The van der Waals surface area contributed by atoms with Crippen molar-refractivity contribution in [3.63, 3.8) is 0 Å². The van der Waals surface area contributed by atoms with Gasteiger partial charge >= 0.3 is 0 Å². The highest BCUT2D eigenvalue weighted by atomic mass is 32.2. The number of sulfone groups is 2. The molecule has 3 aromatic rings. The van der Waals surface area contributed by atoms with Gasteiger partial charge in [-0.3, -0.25) is 0 Å². The van der Waals surface area contributed by atoms with Gasteiger partial charge < -0.3 is 0 Å². The average Bonchev–Trinajstić information content (AvgIpc) is 2.68. The van der Waals surface area contributed by atoms with E-state index in [0.717, 1.165) is 29.8 Å². The van der Waals surface area contributed by atoms with Crippen LogP contribution in [-0.4, -0.2) is 33.8 Å². The van der Waals surface area contributed by atoms with Gasteiger partial charge in [0.1, 0.15) is 21.5 Å². The number of nitrogens with zero attached hydrogens (tertiary/aromatic N) is 1. The number of unbranched alkanes of at least 4 members (excludes halogenated alkanes) is 1. The molecule has 0 saturated heterocycles.